The maximum Gasteiger partial charge on any atom is 0.315 e. The molecule has 5 rings (SSSR count). The second-order valence-corrected chi connectivity index (χ2v) is 10.2. The van der Waals surface area contributed by atoms with E-state index in [2.05, 4.69) is 13.0 Å². The first kappa shape index (κ1) is 28.6. The summed E-state index contributed by atoms with van der Waals surface area (Å²) in [6, 6.07) is 26.8. The Labute approximate surface area is 246 Å². The fraction of sp³-hybridized carbons (Fsp3) is 0.257. The molecule has 0 saturated carbocycles. The van der Waals surface area contributed by atoms with Crippen molar-refractivity contribution in [2.24, 2.45) is 5.73 Å². The van der Waals surface area contributed by atoms with Crippen LogP contribution < -0.4 is 24.7 Å². The largest absolute Gasteiger partial charge is 0.493 e. The molecule has 1 aliphatic heterocycles. The summed E-state index contributed by atoms with van der Waals surface area (Å²) in [6.07, 6.45) is 4.55. The Kier molecular flexibility index (Phi) is 8.93. The van der Waals surface area contributed by atoms with Gasteiger partial charge in [0.1, 0.15) is 23.1 Å². The lowest BCUT2D eigenvalue weighted by molar-refractivity contribution is -0.133. The van der Waals surface area contributed by atoms with E-state index >= 15 is 0 Å². The van der Waals surface area contributed by atoms with Crippen LogP contribution in [-0.4, -0.2) is 19.7 Å². The number of methoxy groups -OCH3 is 1. The van der Waals surface area contributed by atoms with Gasteiger partial charge in [-0.05, 0) is 46.5 Å². The molecule has 1 aliphatic rings. The van der Waals surface area contributed by atoms with E-state index in [1.54, 1.807) is 25.3 Å². The summed E-state index contributed by atoms with van der Waals surface area (Å²) in [4.78, 5) is 12.9. The molecule has 0 bridgehead atoms. The molecule has 0 spiro atoms. The molecule has 4 aromatic carbocycles. The van der Waals surface area contributed by atoms with Crippen molar-refractivity contribution in [2.75, 3.05) is 13.7 Å². The van der Waals surface area contributed by atoms with Crippen molar-refractivity contribution in [3.05, 3.63) is 107 Å². The van der Waals surface area contributed by atoms with Gasteiger partial charge in [0.2, 0.25) is 5.88 Å². The minimum Gasteiger partial charge on any atom is -0.493 e. The van der Waals surface area contributed by atoms with E-state index in [0.29, 0.717) is 35.2 Å². The Bertz CT molecular complexity index is 1660. The number of rotatable bonds is 11. The highest BCUT2D eigenvalue weighted by Crippen LogP contribution is 2.45. The summed E-state index contributed by atoms with van der Waals surface area (Å²) in [5, 5.41) is 12.1. The lowest BCUT2D eigenvalue weighted by Crippen LogP contribution is -2.21. The zero-order valence-electron chi connectivity index (χ0n) is 23.9. The molecule has 0 saturated heterocycles. The SMILES string of the molecule is CCCCCCOc1ccc(C2C(C#N)=C(N)Oc3cc(OC(=O)Cc4cccc5ccccc45)ccc32)cc1OC. The van der Waals surface area contributed by atoms with Crippen LogP contribution in [0.15, 0.2) is 90.3 Å². The van der Waals surface area contributed by atoms with E-state index in [-0.39, 0.29) is 12.3 Å². The molecule has 214 valence electrons. The predicted octanol–water partition coefficient (Wildman–Crippen LogP) is 7.17. The van der Waals surface area contributed by atoms with Crippen LogP contribution >= 0.6 is 0 Å². The molecule has 0 fully saturated rings. The topological polar surface area (TPSA) is 104 Å². The van der Waals surface area contributed by atoms with Gasteiger partial charge in [-0.15, -0.1) is 0 Å². The first-order valence-corrected chi connectivity index (χ1v) is 14.2. The maximum absolute atomic E-state index is 12.9. The average Bonchev–Trinajstić information content (AvgIpc) is 3.00. The molecule has 0 radical (unpaired) electrons. The minimum absolute atomic E-state index is 0.00412. The van der Waals surface area contributed by atoms with Gasteiger partial charge in [-0.3, -0.25) is 4.79 Å². The lowest BCUT2D eigenvalue weighted by atomic mass is 9.83. The summed E-state index contributed by atoms with van der Waals surface area (Å²) in [5.74, 6) is 1.09. The van der Waals surface area contributed by atoms with Gasteiger partial charge in [0.25, 0.3) is 0 Å². The van der Waals surface area contributed by atoms with E-state index in [9.17, 15) is 10.1 Å². The molecule has 0 aromatic heterocycles. The summed E-state index contributed by atoms with van der Waals surface area (Å²) >= 11 is 0. The monoisotopic (exact) mass is 562 g/mol. The van der Waals surface area contributed by atoms with Crippen LogP contribution in [0.4, 0.5) is 0 Å². The smallest absolute Gasteiger partial charge is 0.315 e. The Morgan fingerprint density at radius 1 is 0.976 bits per heavy atom. The van der Waals surface area contributed by atoms with Crippen molar-refractivity contribution in [3.8, 4) is 29.1 Å². The minimum atomic E-state index is -0.494. The van der Waals surface area contributed by atoms with Crippen LogP contribution in [0.5, 0.6) is 23.0 Å². The first-order chi connectivity index (χ1) is 20.5. The highest BCUT2D eigenvalue weighted by molar-refractivity contribution is 5.89. The molecule has 4 aromatic rings. The lowest BCUT2D eigenvalue weighted by Gasteiger charge is -2.27. The van der Waals surface area contributed by atoms with Crippen LogP contribution in [0.25, 0.3) is 10.8 Å². The molecular formula is C35H34N2O5. The van der Waals surface area contributed by atoms with E-state index in [1.807, 2.05) is 60.7 Å². The summed E-state index contributed by atoms with van der Waals surface area (Å²) in [5.41, 5.74) is 8.92. The van der Waals surface area contributed by atoms with Crippen molar-refractivity contribution in [3.63, 3.8) is 0 Å². The molecule has 0 amide bonds. The molecule has 7 nitrogen and oxygen atoms in total. The number of nitriles is 1. The number of carbonyl (C=O) groups is 1. The maximum atomic E-state index is 12.9. The third-order valence-corrected chi connectivity index (χ3v) is 7.41. The predicted molar refractivity (Wildman–Crippen MR) is 162 cm³/mol. The van der Waals surface area contributed by atoms with Gasteiger partial charge in [-0.2, -0.15) is 5.26 Å². The number of unbranched alkanes of at least 4 members (excludes halogenated alkanes) is 3. The van der Waals surface area contributed by atoms with Gasteiger partial charge in [0.05, 0.1) is 26.1 Å². The van der Waals surface area contributed by atoms with Crippen LogP contribution in [0, 0.1) is 11.3 Å². The Hall–Kier alpha value is -4.96. The molecule has 1 unspecified atom stereocenters. The second-order valence-electron chi connectivity index (χ2n) is 10.2. The fourth-order valence-corrected chi connectivity index (χ4v) is 5.31. The van der Waals surface area contributed by atoms with Gasteiger partial charge in [-0.1, -0.05) is 80.8 Å². The van der Waals surface area contributed by atoms with Crippen molar-refractivity contribution in [1.82, 2.24) is 0 Å². The van der Waals surface area contributed by atoms with Crippen molar-refractivity contribution in [1.29, 1.82) is 5.26 Å². The molecule has 7 heteroatoms. The van der Waals surface area contributed by atoms with E-state index < -0.39 is 11.9 Å². The highest BCUT2D eigenvalue weighted by Gasteiger charge is 2.32. The highest BCUT2D eigenvalue weighted by atomic mass is 16.5. The van der Waals surface area contributed by atoms with E-state index in [1.165, 1.54) is 6.42 Å². The molecule has 0 aliphatic carbocycles. The zero-order chi connectivity index (χ0) is 29.5. The van der Waals surface area contributed by atoms with E-state index in [0.717, 1.165) is 46.7 Å². The average molecular weight is 563 g/mol. The molecular weight excluding hydrogens is 528 g/mol. The Balaban J connectivity index is 1.37. The Morgan fingerprint density at radius 2 is 1.81 bits per heavy atom. The number of nitrogens with zero attached hydrogens (tertiary/aromatic N) is 1. The van der Waals surface area contributed by atoms with E-state index in [4.69, 9.17) is 24.7 Å². The third-order valence-electron chi connectivity index (χ3n) is 7.41. The summed E-state index contributed by atoms with van der Waals surface area (Å²) in [7, 11) is 1.59. The van der Waals surface area contributed by atoms with Gasteiger partial charge < -0.3 is 24.7 Å². The van der Waals surface area contributed by atoms with Crippen molar-refractivity contribution < 1.29 is 23.7 Å². The standard InChI is InChI=1S/C35H34N2O5/c1-3-4-5-8-18-40-30-17-14-25(19-32(30)39-2)34-28-16-15-26(21-31(28)42-35(37)29(34)22-36)41-33(38)20-24-12-9-11-23-10-6-7-13-27(23)24/h6-7,9-17,19,21,34H,3-5,8,18,20,37H2,1-2H3. The van der Waals surface area contributed by atoms with Crippen LogP contribution in [-0.2, 0) is 11.2 Å². The number of fused-ring (bicyclic) bond motifs is 2. The van der Waals surface area contributed by atoms with Gasteiger partial charge in [0.15, 0.2) is 11.5 Å². The summed E-state index contributed by atoms with van der Waals surface area (Å²) in [6.45, 7) is 2.78. The number of hydrogen-bond acceptors (Lipinski definition) is 7. The van der Waals surface area contributed by atoms with Crippen molar-refractivity contribution >= 4 is 16.7 Å². The number of hydrogen-bond donors (Lipinski definition) is 1. The number of esters is 1. The first-order valence-electron chi connectivity index (χ1n) is 14.2. The zero-order valence-corrected chi connectivity index (χ0v) is 23.9. The Morgan fingerprint density at radius 3 is 2.62 bits per heavy atom. The summed E-state index contributed by atoms with van der Waals surface area (Å²) < 4.78 is 23.2. The quantitative estimate of drug-likeness (QED) is 0.117. The molecule has 2 N–H and O–H groups in total. The number of carbonyl (C=O) groups excluding carboxylic acids is 1. The molecule has 42 heavy (non-hydrogen) atoms. The third kappa shape index (κ3) is 6.18. The van der Waals surface area contributed by atoms with Crippen molar-refractivity contribution in [2.45, 2.75) is 44.9 Å². The van der Waals surface area contributed by atoms with Gasteiger partial charge in [-0.25, -0.2) is 0 Å². The number of ether oxygens (including phenoxy) is 4. The van der Waals surface area contributed by atoms with Gasteiger partial charge >= 0.3 is 5.97 Å². The van der Waals surface area contributed by atoms with Crippen LogP contribution in [0.1, 0.15) is 55.2 Å². The molecule has 1 heterocycles. The second kappa shape index (κ2) is 13.1. The fourth-order valence-electron chi connectivity index (χ4n) is 5.31. The van der Waals surface area contributed by atoms with Crippen LogP contribution in [0.2, 0.25) is 0 Å². The number of nitrogens with two attached hydrogens (primary N) is 1. The number of benzene rings is 4. The molecule has 1 atom stereocenters. The normalized spacial score (nSPS) is 14.1. The number of allylic oxidation sites excluding steroid dienone is 1. The van der Waals surface area contributed by atoms with Gasteiger partial charge in [0, 0.05) is 11.6 Å². The van der Waals surface area contributed by atoms with Crippen LogP contribution in [0.3, 0.4) is 0 Å².